The Labute approximate surface area is 113 Å². The lowest BCUT2D eigenvalue weighted by molar-refractivity contribution is 0.416. The van der Waals surface area contributed by atoms with Gasteiger partial charge in [-0.3, -0.25) is 0 Å². The van der Waals surface area contributed by atoms with E-state index in [2.05, 4.69) is 53.1 Å². The summed E-state index contributed by atoms with van der Waals surface area (Å²) in [6.45, 7) is 5.75. The van der Waals surface area contributed by atoms with Gasteiger partial charge in [0.15, 0.2) is 0 Å². The molecule has 0 amide bonds. The Kier molecular flexibility index (Phi) is 5.29. The maximum absolute atomic E-state index is 4.12. The van der Waals surface area contributed by atoms with Gasteiger partial charge in [-0.1, -0.05) is 20.3 Å². The zero-order valence-electron chi connectivity index (χ0n) is 10.7. The Hall–Kier alpha value is -0.0900. The van der Waals surface area contributed by atoms with Gasteiger partial charge in [0.25, 0.3) is 0 Å². The van der Waals surface area contributed by atoms with Crippen LogP contribution in [-0.2, 0) is 6.54 Å². The van der Waals surface area contributed by atoms with Crippen molar-refractivity contribution < 1.29 is 0 Å². The summed E-state index contributed by atoms with van der Waals surface area (Å²) in [7, 11) is 0. The van der Waals surface area contributed by atoms with Crippen LogP contribution in [0.3, 0.4) is 0 Å². The first-order chi connectivity index (χ1) is 8.31. The number of hydrogen-bond donors (Lipinski definition) is 0. The van der Waals surface area contributed by atoms with Gasteiger partial charge in [0, 0.05) is 29.9 Å². The fraction of sp³-hybridized carbons (Fsp3) is 0.769. The van der Waals surface area contributed by atoms with Gasteiger partial charge < -0.3 is 4.57 Å². The van der Waals surface area contributed by atoms with Gasteiger partial charge in [-0.15, -0.1) is 23.5 Å². The molecular formula is C13H22N2S2. The van der Waals surface area contributed by atoms with Crippen LogP contribution in [0.15, 0.2) is 18.7 Å². The van der Waals surface area contributed by atoms with Crippen molar-refractivity contribution in [2.45, 2.75) is 49.5 Å². The van der Waals surface area contributed by atoms with Gasteiger partial charge in [-0.05, 0) is 18.8 Å². The van der Waals surface area contributed by atoms with Crippen LogP contribution < -0.4 is 0 Å². The van der Waals surface area contributed by atoms with Gasteiger partial charge in [0.05, 0.1) is 10.9 Å². The van der Waals surface area contributed by atoms with E-state index >= 15 is 0 Å². The van der Waals surface area contributed by atoms with Crippen LogP contribution in [0, 0.1) is 5.92 Å². The zero-order valence-corrected chi connectivity index (χ0v) is 12.3. The Bertz CT molecular complexity index is 313. The molecule has 1 fully saturated rings. The third kappa shape index (κ3) is 3.95. The lowest BCUT2D eigenvalue weighted by Gasteiger charge is -2.19. The molecule has 4 heteroatoms. The van der Waals surface area contributed by atoms with Crippen molar-refractivity contribution in [2.75, 3.05) is 5.75 Å². The van der Waals surface area contributed by atoms with Crippen molar-refractivity contribution >= 4 is 23.5 Å². The molecule has 0 bridgehead atoms. The first kappa shape index (κ1) is 13.3. The summed E-state index contributed by atoms with van der Waals surface area (Å²) in [6, 6.07) is 0. The summed E-state index contributed by atoms with van der Waals surface area (Å²) in [4.78, 5) is 4.12. The van der Waals surface area contributed by atoms with Crippen LogP contribution in [0.2, 0.25) is 0 Å². The van der Waals surface area contributed by atoms with Crippen LogP contribution in [0.1, 0.15) is 33.1 Å². The predicted molar refractivity (Wildman–Crippen MR) is 78.5 cm³/mol. The van der Waals surface area contributed by atoms with Crippen molar-refractivity contribution in [3.05, 3.63) is 18.7 Å². The second kappa shape index (κ2) is 6.74. The highest BCUT2D eigenvalue weighted by Crippen LogP contribution is 2.42. The van der Waals surface area contributed by atoms with Gasteiger partial charge in [-0.2, -0.15) is 0 Å². The molecule has 17 heavy (non-hydrogen) atoms. The molecular weight excluding hydrogens is 248 g/mol. The Balaban J connectivity index is 1.79. The number of rotatable bonds is 6. The minimum atomic E-state index is 0.796. The average molecular weight is 270 g/mol. The van der Waals surface area contributed by atoms with Crippen LogP contribution in [0.25, 0.3) is 0 Å². The third-order valence-electron chi connectivity index (χ3n) is 3.40. The van der Waals surface area contributed by atoms with E-state index in [4.69, 9.17) is 0 Å². The fourth-order valence-corrected chi connectivity index (χ4v) is 5.83. The van der Waals surface area contributed by atoms with Crippen molar-refractivity contribution in [3.63, 3.8) is 0 Å². The maximum atomic E-state index is 4.12. The number of imidazole rings is 1. The van der Waals surface area contributed by atoms with E-state index in [9.17, 15) is 0 Å². The minimum absolute atomic E-state index is 0.796. The molecule has 3 atom stereocenters. The van der Waals surface area contributed by atoms with Crippen molar-refractivity contribution in [2.24, 2.45) is 5.92 Å². The molecule has 2 heterocycles. The predicted octanol–water partition coefficient (Wildman–Crippen LogP) is 3.88. The first-order valence-corrected chi connectivity index (χ1v) is 8.53. The average Bonchev–Trinajstić information content (AvgIpc) is 2.99. The minimum Gasteiger partial charge on any atom is -0.337 e. The maximum Gasteiger partial charge on any atom is 0.0945 e. The van der Waals surface area contributed by atoms with Crippen LogP contribution in [0.4, 0.5) is 0 Å². The molecule has 0 aromatic carbocycles. The largest absolute Gasteiger partial charge is 0.337 e. The lowest BCUT2D eigenvalue weighted by Crippen LogP contribution is -2.12. The van der Waals surface area contributed by atoms with E-state index in [-0.39, 0.29) is 0 Å². The van der Waals surface area contributed by atoms with Crippen LogP contribution in [-0.4, -0.2) is 25.1 Å². The Morgan fingerprint density at radius 2 is 2.35 bits per heavy atom. The number of thioether (sulfide) groups is 2. The first-order valence-electron chi connectivity index (χ1n) is 6.54. The molecule has 2 rings (SSSR count). The highest BCUT2D eigenvalue weighted by Gasteiger charge is 2.26. The van der Waals surface area contributed by atoms with E-state index < -0.39 is 0 Å². The Morgan fingerprint density at radius 1 is 1.47 bits per heavy atom. The molecule has 1 aliphatic rings. The normalized spacial score (nSPS) is 26.2. The SMILES string of the molecule is CCC(CC1SCC(CC)S1)Cn1ccnc1. The van der Waals surface area contributed by atoms with Crippen molar-refractivity contribution in [1.82, 2.24) is 9.55 Å². The summed E-state index contributed by atoms with van der Waals surface area (Å²) in [5, 5.41) is 0.899. The second-order valence-electron chi connectivity index (χ2n) is 4.70. The van der Waals surface area contributed by atoms with Crippen molar-refractivity contribution in [3.8, 4) is 0 Å². The topological polar surface area (TPSA) is 17.8 Å². The quantitative estimate of drug-likeness (QED) is 0.781. The summed E-state index contributed by atoms with van der Waals surface area (Å²) in [5.74, 6) is 2.15. The molecule has 1 aromatic heterocycles. The smallest absolute Gasteiger partial charge is 0.0945 e. The number of aromatic nitrogens is 2. The zero-order chi connectivity index (χ0) is 12.1. The molecule has 0 saturated carbocycles. The molecule has 2 nitrogen and oxygen atoms in total. The molecule has 1 aromatic rings. The fourth-order valence-electron chi connectivity index (χ4n) is 2.18. The molecule has 0 radical (unpaired) electrons. The summed E-state index contributed by atoms with van der Waals surface area (Å²) < 4.78 is 3.05. The highest BCUT2D eigenvalue weighted by atomic mass is 32.2. The molecule has 1 aliphatic heterocycles. The molecule has 96 valence electrons. The van der Waals surface area contributed by atoms with Crippen LogP contribution >= 0.6 is 23.5 Å². The summed E-state index contributed by atoms with van der Waals surface area (Å²) in [6.07, 6.45) is 9.83. The van der Waals surface area contributed by atoms with Gasteiger partial charge in [0.2, 0.25) is 0 Å². The van der Waals surface area contributed by atoms with Crippen LogP contribution in [0.5, 0.6) is 0 Å². The molecule has 0 N–H and O–H groups in total. The standard InChI is InChI=1S/C13H22N2S2/c1-3-11(8-15-6-5-14-10-15)7-13-16-9-12(4-2)17-13/h5-6,10-13H,3-4,7-9H2,1-2H3. The molecule has 0 aliphatic carbocycles. The Morgan fingerprint density at radius 3 is 2.94 bits per heavy atom. The molecule has 0 spiro atoms. The summed E-state index contributed by atoms with van der Waals surface area (Å²) >= 11 is 4.37. The van der Waals surface area contributed by atoms with E-state index in [1.54, 1.807) is 0 Å². The van der Waals surface area contributed by atoms with E-state index in [1.807, 2.05) is 12.5 Å². The van der Waals surface area contributed by atoms with E-state index in [1.165, 1.54) is 25.0 Å². The van der Waals surface area contributed by atoms with E-state index in [0.717, 1.165) is 22.3 Å². The number of nitrogens with zero attached hydrogens (tertiary/aromatic N) is 2. The lowest BCUT2D eigenvalue weighted by atomic mass is 10.0. The third-order valence-corrected chi connectivity index (χ3v) is 6.89. The number of hydrogen-bond acceptors (Lipinski definition) is 3. The van der Waals surface area contributed by atoms with Gasteiger partial charge in [-0.25, -0.2) is 4.98 Å². The van der Waals surface area contributed by atoms with E-state index in [0.29, 0.717) is 0 Å². The monoisotopic (exact) mass is 270 g/mol. The van der Waals surface area contributed by atoms with Gasteiger partial charge >= 0.3 is 0 Å². The van der Waals surface area contributed by atoms with Gasteiger partial charge in [0.1, 0.15) is 0 Å². The summed E-state index contributed by atoms with van der Waals surface area (Å²) in [5.41, 5.74) is 0. The van der Waals surface area contributed by atoms with Crippen molar-refractivity contribution in [1.29, 1.82) is 0 Å². The second-order valence-corrected chi connectivity index (χ2v) is 7.74. The molecule has 1 saturated heterocycles. The molecule has 3 unspecified atom stereocenters. The highest BCUT2D eigenvalue weighted by molar-refractivity contribution is 8.20.